The van der Waals surface area contributed by atoms with Gasteiger partial charge in [-0.3, -0.25) is 4.98 Å². The topological polar surface area (TPSA) is 16.1 Å². The van der Waals surface area contributed by atoms with Gasteiger partial charge < -0.3 is 4.90 Å². The molecule has 0 N–H and O–H groups in total. The third-order valence-electron chi connectivity index (χ3n) is 3.31. The molecule has 1 aliphatic carbocycles. The molecule has 15 heavy (non-hydrogen) atoms. The van der Waals surface area contributed by atoms with Crippen LogP contribution in [0.5, 0.6) is 0 Å². The Morgan fingerprint density at radius 1 is 1.20 bits per heavy atom. The van der Waals surface area contributed by atoms with Gasteiger partial charge in [0.1, 0.15) is 0 Å². The predicted molar refractivity (Wildman–Crippen MR) is 64.4 cm³/mol. The first-order valence-electron chi connectivity index (χ1n) is 6.08. The van der Waals surface area contributed by atoms with Crippen molar-refractivity contribution in [1.82, 2.24) is 4.98 Å². The summed E-state index contributed by atoms with van der Waals surface area (Å²) in [6.45, 7) is 6.62. The summed E-state index contributed by atoms with van der Waals surface area (Å²) >= 11 is 0. The van der Waals surface area contributed by atoms with Crippen LogP contribution in [0.15, 0.2) is 12.3 Å². The summed E-state index contributed by atoms with van der Waals surface area (Å²) in [6.07, 6.45) is 6.99. The molecular weight excluding hydrogens is 184 g/mol. The Morgan fingerprint density at radius 2 is 1.93 bits per heavy atom. The second kappa shape index (κ2) is 4.65. The molecule has 0 aliphatic heterocycles. The Balaban J connectivity index is 2.38. The van der Waals surface area contributed by atoms with Gasteiger partial charge in [-0.05, 0) is 51.2 Å². The van der Waals surface area contributed by atoms with Gasteiger partial charge in [-0.2, -0.15) is 0 Å². The Morgan fingerprint density at radius 3 is 2.67 bits per heavy atom. The first-order valence-corrected chi connectivity index (χ1v) is 6.08. The number of hydrogen-bond donors (Lipinski definition) is 0. The van der Waals surface area contributed by atoms with Crippen molar-refractivity contribution < 1.29 is 0 Å². The van der Waals surface area contributed by atoms with E-state index in [0.29, 0.717) is 0 Å². The van der Waals surface area contributed by atoms with Gasteiger partial charge in [-0.1, -0.05) is 0 Å². The molecule has 1 aliphatic rings. The van der Waals surface area contributed by atoms with E-state index in [-0.39, 0.29) is 0 Å². The normalized spacial score (nSPS) is 14.8. The van der Waals surface area contributed by atoms with Gasteiger partial charge in [-0.25, -0.2) is 0 Å². The predicted octanol–water partition coefficient (Wildman–Crippen LogP) is 2.81. The van der Waals surface area contributed by atoms with Gasteiger partial charge in [0.05, 0.1) is 0 Å². The van der Waals surface area contributed by atoms with Crippen molar-refractivity contribution in [3.8, 4) is 0 Å². The monoisotopic (exact) mass is 204 g/mol. The quantitative estimate of drug-likeness (QED) is 0.752. The summed E-state index contributed by atoms with van der Waals surface area (Å²) in [5.41, 5.74) is 4.27. The second-order valence-corrected chi connectivity index (χ2v) is 4.13. The van der Waals surface area contributed by atoms with E-state index in [0.717, 1.165) is 13.1 Å². The fraction of sp³-hybridized carbons (Fsp3) is 0.615. The van der Waals surface area contributed by atoms with Crippen LogP contribution in [-0.2, 0) is 12.8 Å². The molecule has 2 nitrogen and oxygen atoms in total. The summed E-state index contributed by atoms with van der Waals surface area (Å²) in [5.74, 6) is 0. The number of anilines is 1. The van der Waals surface area contributed by atoms with Gasteiger partial charge in [0.25, 0.3) is 0 Å². The maximum absolute atomic E-state index is 4.50. The highest BCUT2D eigenvalue weighted by Crippen LogP contribution is 2.28. The fourth-order valence-corrected chi connectivity index (χ4v) is 2.47. The van der Waals surface area contributed by atoms with Crippen LogP contribution in [0.3, 0.4) is 0 Å². The van der Waals surface area contributed by atoms with E-state index in [2.05, 4.69) is 29.8 Å². The van der Waals surface area contributed by atoms with Gasteiger partial charge in [-0.15, -0.1) is 0 Å². The molecule has 1 heterocycles. The van der Waals surface area contributed by atoms with Gasteiger partial charge >= 0.3 is 0 Å². The van der Waals surface area contributed by atoms with Crippen molar-refractivity contribution in [1.29, 1.82) is 0 Å². The number of nitrogens with zero attached hydrogens (tertiary/aromatic N) is 2. The van der Waals surface area contributed by atoms with Crippen molar-refractivity contribution in [3.63, 3.8) is 0 Å². The van der Waals surface area contributed by atoms with E-state index in [1.165, 1.54) is 42.6 Å². The molecule has 0 aromatic carbocycles. The van der Waals surface area contributed by atoms with Gasteiger partial charge in [0.2, 0.25) is 0 Å². The zero-order chi connectivity index (χ0) is 10.7. The molecule has 1 aromatic heterocycles. The van der Waals surface area contributed by atoms with E-state index in [9.17, 15) is 0 Å². The zero-order valence-corrected chi connectivity index (χ0v) is 9.79. The number of aryl methyl sites for hydroxylation is 1. The Hall–Kier alpha value is -1.05. The molecule has 0 atom stereocenters. The number of hydrogen-bond acceptors (Lipinski definition) is 2. The standard InChI is InChI=1S/C13H20N2/c1-3-15(4-2)13-9-10-14-12-8-6-5-7-11(12)13/h9-10H,3-8H2,1-2H3. The molecule has 1 aromatic rings. The number of pyridine rings is 1. The third kappa shape index (κ3) is 1.99. The lowest BCUT2D eigenvalue weighted by molar-refractivity contribution is 0.663. The van der Waals surface area contributed by atoms with Crippen LogP contribution in [0.1, 0.15) is 37.9 Å². The second-order valence-electron chi connectivity index (χ2n) is 4.13. The highest BCUT2D eigenvalue weighted by Gasteiger charge is 2.16. The lowest BCUT2D eigenvalue weighted by Crippen LogP contribution is -2.24. The van der Waals surface area contributed by atoms with Gasteiger partial charge in [0, 0.05) is 30.7 Å². The first-order chi connectivity index (χ1) is 7.36. The van der Waals surface area contributed by atoms with Crippen LogP contribution in [0, 0.1) is 0 Å². The summed E-state index contributed by atoms with van der Waals surface area (Å²) in [6, 6.07) is 2.18. The average Bonchev–Trinajstić information content (AvgIpc) is 2.31. The Bertz CT molecular complexity index is 329. The van der Waals surface area contributed by atoms with Crippen LogP contribution < -0.4 is 4.90 Å². The van der Waals surface area contributed by atoms with Crippen LogP contribution in [-0.4, -0.2) is 18.1 Å². The van der Waals surface area contributed by atoms with E-state index in [1.54, 1.807) is 0 Å². The summed E-state index contributed by atoms with van der Waals surface area (Å²) in [4.78, 5) is 6.94. The Kier molecular flexibility index (Phi) is 3.24. The molecule has 0 unspecified atom stereocenters. The highest BCUT2D eigenvalue weighted by molar-refractivity contribution is 5.55. The summed E-state index contributed by atoms with van der Waals surface area (Å²) < 4.78 is 0. The van der Waals surface area contributed by atoms with Crippen molar-refractivity contribution in [2.45, 2.75) is 39.5 Å². The third-order valence-corrected chi connectivity index (χ3v) is 3.31. The van der Waals surface area contributed by atoms with Gasteiger partial charge in [0.15, 0.2) is 0 Å². The smallest absolute Gasteiger partial charge is 0.0456 e. The highest BCUT2D eigenvalue weighted by atomic mass is 15.1. The minimum atomic E-state index is 1.09. The minimum absolute atomic E-state index is 1.09. The molecule has 0 spiro atoms. The van der Waals surface area contributed by atoms with Crippen molar-refractivity contribution in [2.75, 3.05) is 18.0 Å². The molecule has 0 radical (unpaired) electrons. The van der Waals surface area contributed by atoms with Crippen LogP contribution in [0.2, 0.25) is 0 Å². The van der Waals surface area contributed by atoms with E-state index in [4.69, 9.17) is 0 Å². The minimum Gasteiger partial charge on any atom is -0.372 e. The Labute approximate surface area is 92.3 Å². The molecular formula is C13H20N2. The van der Waals surface area contributed by atoms with E-state index in [1.807, 2.05) is 6.20 Å². The maximum Gasteiger partial charge on any atom is 0.0456 e. The number of aromatic nitrogens is 1. The van der Waals surface area contributed by atoms with Crippen LogP contribution in [0.4, 0.5) is 5.69 Å². The molecule has 82 valence electrons. The largest absolute Gasteiger partial charge is 0.372 e. The number of fused-ring (bicyclic) bond motifs is 1. The molecule has 0 fully saturated rings. The van der Waals surface area contributed by atoms with Crippen LogP contribution in [0.25, 0.3) is 0 Å². The lowest BCUT2D eigenvalue weighted by Gasteiger charge is -2.27. The first kappa shape index (κ1) is 10.5. The molecule has 0 saturated carbocycles. The van der Waals surface area contributed by atoms with Crippen molar-refractivity contribution in [3.05, 3.63) is 23.5 Å². The summed E-state index contributed by atoms with van der Waals surface area (Å²) in [7, 11) is 0. The van der Waals surface area contributed by atoms with Crippen LogP contribution >= 0.6 is 0 Å². The average molecular weight is 204 g/mol. The van der Waals surface area contributed by atoms with Crippen molar-refractivity contribution >= 4 is 5.69 Å². The zero-order valence-electron chi connectivity index (χ0n) is 9.79. The SMILES string of the molecule is CCN(CC)c1ccnc2c1CCCC2. The summed E-state index contributed by atoms with van der Waals surface area (Å²) in [5, 5.41) is 0. The van der Waals surface area contributed by atoms with E-state index >= 15 is 0 Å². The number of rotatable bonds is 3. The lowest BCUT2D eigenvalue weighted by atomic mass is 9.94. The van der Waals surface area contributed by atoms with Crippen molar-refractivity contribution in [2.24, 2.45) is 0 Å². The molecule has 2 heteroatoms. The molecule has 2 rings (SSSR count). The molecule has 0 saturated heterocycles. The van der Waals surface area contributed by atoms with E-state index < -0.39 is 0 Å². The molecule has 0 bridgehead atoms. The molecule has 0 amide bonds. The maximum atomic E-state index is 4.50. The fourth-order valence-electron chi connectivity index (χ4n) is 2.47.